The molecule has 0 aliphatic carbocycles. The van der Waals surface area contributed by atoms with Crippen LogP contribution in [0.4, 0.5) is 20.3 Å². The molecule has 0 amide bonds. The number of pyridine rings is 1. The highest BCUT2D eigenvalue weighted by Gasteiger charge is 2.25. The molecule has 2 heterocycles. The average Bonchev–Trinajstić information content (AvgIpc) is 2.65. The van der Waals surface area contributed by atoms with Gasteiger partial charge in [-0.3, -0.25) is 0 Å². The van der Waals surface area contributed by atoms with Crippen molar-refractivity contribution in [1.82, 2.24) is 10.3 Å². The van der Waals surface area contributed by atoms with Crippen LogP contribution < -0.4 is 19.7 Å². The van der Waals surface area contributed by atoms with Gasteiger partial charge in [-0.15, -0.1) is 0 Å². The highest BCUT2D eigenvalue weighted by atomic mass is 35.5. The summed E-state index contributed by atoms with van der Waals surface area (Å²) < 4.78 is 35.3. The van der Waals surface area contributed by atoms with Crippen molar-refractivity contribution in [2.24, 2.45) is 0 Å². The van der Waals surface area contributed by atoms with E-state index in [9.17, 15) is 8.78 Å². The zero-order chi connectivity index (χ0) is 19.2. The van der Waals surface area contributed by atoms with E-state index in [1.165, 1.54) is 6.07 Å². The van der Waals surface area contributed by atoms with Gasteiger partial charge in [0.15, 0.2) is 5.75 Å². The Morgan fingerprint density at radius 1 is 1.26 bits per heavy atom. The summed E-state index contributed by atoms with van der Waals surface area (Å²) in [5.41, 5.74) is 0.895. The summed E-state index contributed by atoms with van der Waals surface area (Å²) in [5, 5.41) is 3.96. The van der Waals surface area contributed by atoms with Crippen LogP contribution >= 0.6 is 11.6 Å². The van der Waals surface area contributed by atoms with Crippen LogP contribution in [-0.2, 0) is 0 Å². The van der Waals surface area contributed by atoms with Gasteiger partial charge in [0.05, 0.1) is 6.61 Å². The molecule has 1 aromatic carbocycles. The summed E-state index contributed by atoms with van der Waals surface area (Å²) >= 11 is 6.19. The van der Waals surface area contributed by atoms with Crippen molar-refractivity contribution in [2.75, 3.05) is 24.6 Å². The Hall–Kier alpha value is -2.12. The van der Waals surface area contributed by atoms with Crippen molar-refractivity contribution in [3.05, 3.63) is 41.4 Å². The third-order valence-electron chi connectivity index (χ3n) is 4.31. The highest BCUT2D eigenvalue weighted by molar-refractivity contribution is 6.30. The molecule has 1 aliphatic rings. The zero-order valence-corrected chi connectivity index (χ0v) is 15.8. The van der Waals surface area contributed by atoms with E-state index in [0.717, 1.165) is 31.6 Å². The van der Waals surface area contributed by atoms with Gasteiger partial charge in [0.25, 0.3) is 5.88 Å². The van der Waals surface area contributed by atoms with Crippen LogP contribution in [0.3, 0.4) is 0 Å². The van der Waals surface area contributed by atoms with E-state index in [0.29, 0.717) is 17.4 Å². The van der Waals surface area contributed by atoms with Crippen LogP contribution in [0.2, 0.25) is 5.02 Å². The van der Waals surface area contributed by atoms with E-state index in [1.54, 1.807) is 13.0 Å². The molecule has 0 unspecified atom stereocenters. The molecular formula is C19H22ClF2N3O2. The first-order valence-corrected chi connectivity index (χ1v) is 9.30. The fourth-order valence-corrected chi connectivity index (χ4v) is 3.38. The number of anilines is 2. The second kappa shape index (κ2) is 9.19. The smallest absolute Gasteiger partial charge is 0.387 e. The lowest BCUT2D eigenvalue weighted by atomic mass is 10.0. The maximum absolute atomic E-state index is 12.7. The number of rotatable bonds is 7. The van der Waals surface area contributed by atoms with Gasteiger partial charge in [-0.2, -0.15) is 13.8 Å². The van der Waals surface area contributed by atoms with Crippen LogP contribution in [0.15, 0.2) is 36.4 Å². The summed E-state index contributed by atoms with van der Waals surface area (Å²) in [6.45, 7) is 0.910. The number of alkyl halides is 2. The lowest BCUT2D eigenvalue weighted by Crippen LogP contribution is -2.41. The Kier molecular flexibility index (Phi) is 6.68. The van der Waals surface area contributed by atoms with Gasteiger partial charge >= 0.3 is 6.61 Å². The number of piperidine rings is 1. The molecule has 1 saturated heterocycles. The normalized spacial score (nSPS) is 15.0. The maximum Gasteiger partial charge on any atom is 0.387 e. The second-order valence-electron chi connectivity index (χ2n) is 6.12. The molecule has 0 bridgehead atoms. The van der Waals surface area contributed by atoms with Crippen molar-refractivity contribution in [3.8, 4) is 11.6 Å². The Morgan fingerprint density at radius 3 is 2.70 bits per heavy atom. The Morgan fingerprint density at radius 2 is 2.04 bits per heavy atom. The monoisotopic (exact) mass is 397 g/mol. The number of halogens is 3. The molecule has 1 aromatic heterocycles. The summed E-state index contributed by atoms with van der Waals surface area (Å²) in [6.07, 6.45) is 1.85. The number of aromatic nitrogens is 1. The number of ether oxygens (including phenoxy) is 2. The molecule has 27 heavy (non-hydrogen) atoms. The first-order valence-electron chi connectivity index (χ1n) is 8.92. The number of nitrogens with one attached hydrogen (secondary N) is 1. The van der Waals surface area contributed by atoms with E-state index in [2.05, 4.69) is 19.9 Å². The van der Waals surface area contributed by atoms with Crippen LogP contribution in [-0.4, -0.2) is 37.3 Å². The van der Waals surface area contributed by atoms with Crippen molar-refractivity contribution in [2.45, 2.75) is 32.4 Å². The van der Waals surface area contributed by atoms with E-state index in [4.69, 9.17) is 16.3 Å². The molecule has 3 rings (SSSR count). The molecule has 1 fully saturated rings. The first-order chi connectivity index (χ1) is 13.1. The quantitative estimate of drug-likeness (QED) is 0.738. The SMILES string of the molecule is CCOc1nc(N(c2cccc(Cl)c2)C2CCNCC2)ccc1OC(F)F. The largest absolute Gasteiger partial charge is 0.475 e. The molecule has 8 heteroatoms. The van der Waals surface area contributed by atoms with E-state index < -0.39 is 6.61 Å². The molecule has 1 aliphatic heterocycles. The van der Waals surface area contributed by atoms with Crippen molar-refractivity contribution >= 4 is 23.1 Å². The lowest BCUT2D eigenvalue weighted by Gasteiger charge is -2.36. The molecule has 2 aromatic rings. The van der Waals surface area contributed by atoms with Crippen molar-refractivity contribution in [1.29, 1.82) is 0 Å². The number of hydrogen-bond acceptors (Lipinski definition) is 5. The van der Waals surface area contributed by atoms with Crippen molar-refractivity contribution in [3.63, 3.8) is 0 Å². The standard InChI is InChI=1S/C19H22ClF2N3O2/c1-2-26-18-16(27-19(21)22)6-7-17(24-18)25(14-8-10-23-11-9-14)15-5-3-4-13(20)12-15/h3-7,12,14,19,23H,2,8-11H2,1H3. The molecule has 0 atom stereocenters. The predicted molar refractivity (Wildman–Crippen MR) is 102 cm³/mol. The fraction of sp³-hybridized carbons (Fsp3) is 0.421. The van der Waals surface area contributed by atoms with Gasteiger partial charge in [0, 0.05) is 16.8 Å². The van der Waals surface area contributed by atoms with Crippen molar-refractivity contribution < 1.29 is 18.3 Å². The Labute approximate surface area is 162 Å². The molecular weight excluding hydrogens is 376 g/mol. The Balaban J connectivity index is 2.01. The second-order valence-corrected chi connectivity index (χ2v) is 6.55. The first kappa shape index (κ1) is 19.6. The average molecular weight is 398 g/mol. The van der Waals surface area contributed by atoms with Gasteiger partial charge in [-0.1, -0.05) is 17.7 Å². The minimum atomic E-state index is -2.94. The Bertz CT molecular complexity index is 757. The van der Waals surface area contributed by atoms with Gasteiger partial charge in [0.1, 0.15) is 5.82 Å². The lowest BCUT2D eigenvalue weighted by molar-refractivity contribution is -0.0518. The molecule has 0 saturated carbocycles. The third kappa shape index (κ3) is 4.99. The van der Waals surface area contributed by atoms with E-state index in [-0.39, 0.29) is 17.7 Å². The van der Waals surface area contributed by atoms with E-state index in [1.807, 2.05) is 24.3 Å². The predicted octanol–water partition coefficient (Wildman–Crippen LogP) is 4.63. The molecule has 5 nitrogen and oxygen atoms in total. The number of nitrogens with zero attached hydrogens (tertiary/aromatic N) is 2. The van der Waals surface area contributed by atoms with Crippen LogP contribution in [0.5, 0.6) is 11.6 Å². The van der Waals surface area contributed by atoms with Gasteiger partial charge in [-0.25, -0.2) is 0 Å². The van der Waals surface area contributed by atoms with Crippen LogP contribution in [0.1, 0.15) is 19.8 Å². The third-order valence-corrected chi connectivity index (χ3v) is 4.55. The summed E-state index contributed by atoms with van der Waals surface area (Å²) in [7, 11) is 0. The zero-order valence-electron chi connectivity index (χ0n) is 15.0. The minimum absolute atomic E-state index is 0.0521. The molecule has 0 spiro atoms. The molecule has 0 radical (unpaired) electrons. The van der Waals surface area contributed by atoms with Gasteiger partial charge in [0.2, 0.25) is 0 Å². The summed E-state index contributed by atoms with van der Waals surface area (Å²) in [5.74, 6) is 0.581. The van der Waals surface area contributed by atoms with Crippen LogP contribution in [0.25, 0.3) is 0 Å². The highest BCUT2D eigenvalue weighted by Crippen LogP contribution is 2.35. The van der Waals surface area contributed by atoms with E-state index >= 15 is 0 Å². The van der Waals surface area contributed by atoms with Gasteiger partial charge in [-0.05, 0) is 63.2 Å². The van der Waals surface area contributed by atoms with Gasteiger partial charge < -0.3 is 19.7 Å². The summed E-state index contributed by atoms with van der Waals surface area (Å²) in [4.78, 5) is 6.56. The van der Waals surface area contributed by atoms with Crippen LogP contribution in [0, 0.1) is 0 Å². The number of benzene rings is 1. The maximum atomic E-state index is 12.7. The number of hydrogen-bond donors (Lipinski definition) is 1. The molecule has 1 N–H and O–H groups in total. The summed E-state index contributed by atoms with van der Waals surface area (Å²) in [6, 6.07) is 10.9. The fourth-order valence-electron chi connectivity index (χ4n) is 3.20. The molecule has 146 valence electrons. The topological polar surface area (TPSA) is 46.6 Å². The minimum Gasteiger partial charge on any atom is -0.475 e.